The number of fused-ring (bicyclic) bond motifs is 2. The van der Waals surface area contributed by atoms with Crippen LogP contribution in [0.3, 0.4) is 0 Å². The minimum absolute atomic E-state index is 0.145. The first kappa shape index (κ1) is 19.4. The molecule has 1 aromatic carbocycles. The van der Waals surface area contributed by atoms with Gasteiger partial charge in [0.2, 0.25) is 0 Å². The van der Waals surface area contributed by atoms with Gasteiger partial charge in [0.25, 0.3) is 0 Å². The summed E-state index contributed by atoms with van der Waals surface area (Å²) in [6.45, 7) is 9.45. The van der Waals surface area contributed by atoms with Gasteiger partial charge in [-0.15, -0.1) is 0 Å². The molecule has 8 heteroatoms. The molecule has 6 nitrogen and oxygen atoms in total. The second-order valence-corrected chi connectivity index (χ2v) is 7.83. The number of hydrogen-bond donors (Lipinski definition) is 1. The van der Waals surface area contributed by atoms with E-state index in [1.165, 1.54) is 12.3 Å². The molecular formula is C23H22F2N6. The van der Waals surface area contributed by atoms with Gasteiger partial charge in [-0.1, -0.05) is 20.4 Å². The van der Waals surface area contributed by atoms with Crippen molar-refractivity contribution >= 4 is 22.4 Å². The number of nitrogens with one attached hydrogen (secondary N) is 1. The molecule has 0 unspecified atom stereocenters. The van der Waals surface area contributed by atoms with Crippen molar-refractivity contribution in [2.24, 2.45) is 0 Å². The molecule has 0 fully saturated rings. The second kappa shape index (κ2) is 7.30. The van der Waals surface area contributed by atoms with Crippen LogP contribution < -0.4 is 4.90 Å². The van der Waals surface area contributed by atoms with Gasteiger partial charge in [-0.25, -0.2) is 13.5 Å². The van der Waals surface area contributed by atoms with Gasteiger partial charge in [0.05, 0.1) is 41.3 Å². The fourth-order valence-corrected chi connectivity index (χ4v) is 4.22. The maximum Gasteiger partial charge on any atom is 0.144 e. The average Bonchev–Trinajstić information content (AvgIpc) is 3.49. The maximum atomic E-state index is 15.3. The summed E-state index contributed by atoms with van der Waals surface area (Å²) in [6.07, 6.45) is 6.08. The number of aromatic amines is 1. The Morgan fingerprint density at radius 3 is 2.94 bits per heavy atom. The summed E-state index contributed by atoms with van der Waals surface area (Å²) < 4.78 is 32.1. The standard InChI is InChI=1S/C23H22F2N6/c1-4-13(2)16-11-27-29-22(16)17-12-28-31-9-8-30(23(17)31)14(3)20-18(24)10-19-15(21(20)25)6-5-7-26-19/h5-7,10-13H,3-4,8-9H2,1-2H3,(H,27,29)/t13-/m1/s1. The van der Waals surface area contributed by atoms with Gasteiger partial charge in [-0.2, -0.15) is 10.2 Å². The Morgan fingerprint density at radius 2 is 2.13 bits per heavy atom. The zero-order chi connectivity index (χ0) is 21.7. The number of rotatable bonds is 5. The smallest absolute Gasteiger partial charge is 0.144 e. The van der Waals surface area contributed by atoms with Crippen molar-refractivity contribution in [3.8, 4) is 11.3 Å². The lowest BCUT2D eigenvalue weighted by atomic mass is 9.97. The normalized spacial score (nSPS) is 14.3. The summed E-state index contributed by atoms with van der Waals surface area (Å²) >= 11 is 0. The minimum atomic E-state index is -0.685. The lowest BCUT2D eigenvalue weighted by Gasteiger charge is -2.23. The van der Waals surface area contributed by atoms with Crippen LogP contribution in [0.15, 0.2) is 43.4 Å². The second-order valence-electron chi connectivity index (χ2n) is 7.83. The first-order valence-electron chi connectivity index (χ1n) is 10.3. The molecule has 1 N–H and O–H groups in total. The molecular weight excluding hydrogens is 398 g/mol. The van der Waals surface area contributed by atoms with Crippen molar-refractivity contribution in [2.45, 2.75) is 32.7 Å². The van der Waals surface area contributed by atoms with Crippen molar-refractivity contribution in [1.82, 2.24) is 25.0 Å². The van der Waals surface area contributed by atoms with E-state index >= 15 is 4.39 Å². The van der Waals surface area contributed by atoms with E-state index in [-0.39, 0.29) is 22.2 Å². The van der Waals surface area contributed by atoms with Crippen LogP contribution >= 0.6 is 0 Å². The fourth-order valence-electron chi connectivity index (χ4n) is 4.22. The predicted molar refractivity (Wildman–Crippen MR) is 117 cm³/mol. The van der Waals surface area contributed by atoms with Crippen molar-refractivity contribution < 1.29 is 8.78 Å². The Labute approximate surface area is 178 Å². The molecule has 5 rings (SSSR count). The molecule has 0 bridgehead atoms. The molecule has 0 saturated carbocycles. The van der Waals surface area contributed by atoms with Gasteiger partial charge in [0.15, 0.2) is 0 Å². The monoisotopic (exact) mass is 420 g/mol. The van der Waals surface area contributed by atoms with Crippen molar-refractivity contribution in [3.63, 3.8) is 0 Å². The summed E-state index contributed by atoms with van der Waals surface area (Å²) in [7, 11) is 0. The first-order chi connectivity index (χ1) is 15.0. The average molecular weight is 420 g/mol. The zero-order valence-electron chi connectivity index (χ0n) is 17.4. The molecule has 1 atom stereocenters. The van der Waals surface area contributed by atoms with Gasteiger partial charge in [-0.05, 0) is 24.5 Å². The Bertz CT molecular complexity index is 1300. The van der Waals surface area contributed by atoms with Gasteiger partial charge in [0, 0.05) is 35.5 Å². The molecule has 1 aliphatic rings. The predicted octanol–water partition coefficient (Wildman–Crippen LogP) is 5.10. The third-order valence-corrected chi connectivity index (χ3v) is 6.10. The number of benzene rings is 1. The highest BCUT2D eigenvalue weighted by Crippen LogP contribution is 2.41. The van der Waals surface area contributed by atoms with E-state index in [0.29, 0.717) is 19.0 Å². The Hall–Kier alpha value is -3.55. The molecule has 31 heavy (non-hydrogen) atoms. The van der Waals surface area contributed by atoms with E-state index < -0.39 is 11.6 Å². The van der Waals surface area contributed by atoms with E-state index in [0.717, 1.165) is 29.1 Å². The summed E-state index contributed by atoms with van der Waals surface area (Å²) in [5.41, 5.74) is 3.19. The molecule has 4 heterocycles. The van der Waals surface area contributed by atoms with Gasteiger partial charge in [-0.3, -0.25) is 10.1 Å². The highest BCUT2D eigenvalue weighted by atomic mass is 19.1. The number of aromatic nitrogens is 5. The number of anilines is 1. The largest absolute Gasteiger partial charge is 0.324 e. The van der Waals surface area contributed by atoms with Crippen LogP contribution in [0.25, 0.3) is 27.9 Å². The third kappa shape index (κ3) is 2.93. The molecule has 1 aliphatic heterocycles. The molecule has 158 valence electrons. The van der Waals surface area contributed by atoms with Gasteiger partial charge in [0.1, 0.15) is 17.5 Å². The number of nitrogens with zero attached hydrogens (tertiary/aromatic N) is 5. The number of halogens is 2. The van der Waals surface area contributed by atoms with E-state index in [2.05, 4.69) is 40.7 Å². The van der Waals surface area contributed by atoms with Crippen LogP contribution in [0.1, 0.15) is 37.3 Å². The fraction of sp³-hybridized carbons (Fsp3) is 0.261. The highest BCUT2D eigenvalue weighted by Gasteiger charge is 2.31. The maximum absolute atomic E-state index is 15.3. The van der Waals surface area contributed by atoms with Crippen molar-refractivity contribution in [1.29, 1.82) is 0 Å². The summed E-state index contributed by atoms with van der Waals surface area (Å²) in [6, 6.07) is 4.48. The van der Waals surface area contributed by atoms with E-state index in [4.69, 9.17) is 0 Å². The van der Waals surface area contributed by atoms with Crippen LogP contribution in [0, 0.1) is 11.6 Å². The van der Waals surface area contributed by atoms with Crippen LogP contribution in [-0.2, 0) is 6.54 Å². The van der Waals surface area contributed by atoms with Gasteiger partial charge < -0.3 is 4.90 Å². The zero-order valence-corrected chi connectivity index (χ0v) is 17.4. The molecule has 0 radical (unpaired) electrons. The van der Waals surface area contributed by atoms with E-state index in [1.807, 2.05) is 15.8 Å². The van der Waals surface area contributed by atoms with E-state index in [9.17, 15) is 4.39 Å². The number of hydrogen-bond acceptors (Lipinski definition) is 4. The first-order valence-corrected chi connectivity index (χ1v) is 10.3. The minimum Gasteiger partial charge on any atom is -0.324 e. The molecule has 0 spiro atoms. The van der Waals surface area contributed by atoms with Crippen molar-refractivity contribution in [2.75, 3.05) is 11.4 Å². The topological polar surface area (TPSA) is 62.6 Å². The molecule has 3 aromatic heterocycles. The summed E-state index contributed by atoms with van der Waals surface area (Å²) in [5, 5.41) is 12.1. The lowest BCUT2D eigenvalue weighted by Crippen LogP contribution is -2.20. The SMILES string of the molecule is C=C(c1c(F)cc2ncccc2c1F)N1CCn2ncc(-c3[nH]ncc3[C@H](C)CC)c21. The summed E-state index contributed by atoms with van der Waals surface area (Å²) in [4.78, 5) is 5.89. The molecule has 0 saturated heterocycles. The third-order valence-electron chi connectivity index (χ3n) is 6.10. The van der Waals surface area contributed by atoms with E-state index in [1.54, 1.807) is 18.3 Å². The molecule has 0 aliphatic carbocycles. The van der Waals surface area contributed by atoms with Crippen LogP contribution in [0.5, 0.6) is 0 Å². The quantitative estimate of drug-likeness (QED) is 0.488. The summed E-state index contributed by atoms with van der Waals surface area (Å²) in [5.74, 6) is -0.279. The number of H-pyrrole nitrogens is 1. The number of pyridine rings is 1. The highest BCUT2D eigenvalue weighted by molar-refractivity contribution is 5.90. The van der Waals surface area contributed by atoms with Crippen LogP contribution in [0.2, 0.25) is 0 Å². The van der Waals surface area contributed by atoms with Crippen molar-refractivity contribution in [3.05, 3.63) is 66.1 Å². The molecule has 0 amide bonds. The lowest BCUT2D eigenvalue weighted by molar-refractivity contribution is 0.584. The van der Waals surface area contributed by atoms with Crippen LogP contribution in [-0.4, -0.2) is 31.5 Å². The Morgan fingerprint density at radius 1 is 1.29 bits per heavy atom. The Kier molecular flexibility index (Phi) is 4.57. The van der Waals surface area contributed by atoms with Gasteiger partial charge >= 0.3 is 0 Å². The van der Waals surface area contributed by atoms with Crippen LogP contribution in [0.4, 0.5) is 14.6 Å². The molecule has 4 aromatic rings. The Balaban J connectivity index is 1.61.